The summed E-state index contributed by atoms with van der Waals surface area (Å²) in [5.41, 5.74) is 4.06. The lowest BCUT2D eigenvalue weighted by atomic mass is 10.1. The molecule has 3 N–H and O–H groups in total. The Kier molecular flexibility index (Phi) is 4.53. The number of nitrogens with zero attached hydrogens (tertiary/aromatic N) is 4. The van der Waals surface area contributed by atoms with Crippen LogP contribution in [-0.2, 0) is 11.2 Å². The number of hydrogen-bond acceptors (Lipinski definition) is 7. The van der Waals surface area contributed by atoms with Crippen LogP contribution in [0.15, 0.2) is 48.8 Å². The summed E-state index contributed by atoms with van der Waals surface area (Å²) in [6, 6.07) is 11.7. The quantitative estimate of drug-likeness (QED) is 0.634. The molecule has 5 rings (SSSR count). The molecule has 3 aromatic rings. The normalized spacial score (nSPS) is 15.7. The summed E-state index contributed by atoms with van der Waals surface area (Å²) >= 11 is 0. The first kappa shape index (κ1) is 17.6. The van der Waals surface area contributed by atoms with Gasteiger partial charge in [0.1, 0.15) is 5.82 Å². The topological polar surface area (TPSA) is 95.1 Å². The van der Waals surface area contributed by atoms with E-state index in [1.165, 1.54) is 0 Å². The summed E-state index contributed by atoms with van der Waals surface area (Å²) in [6.45, 7) is 3.87. The minimum atomic E-state index is -0.0618. The van der Waals surface area contributed by atoms with Crippen molar-refractivity contribution in [2.75, 3.05) is 41.7 Å². The van der Waals surface area contributed by atoms with Gasteiger partial charge in [-0.25, -0.2) is 15.0 Å². The van der Waals surface area contributed by atoms with Crippen molar-refractivity contribution in [2.24, 2.45) is 0 Å². The number of pyridine rings is 1. The predicted octanol–water partition coefficient (Wildman–Crippen LogP) is 2.19. The molecule has 0 radical (unpaired) electrons. The lowest BCUT2D eigenvalue weighted by Gasteiger charge is -2.28. The molecule has 2 aliphatic rings. The Morgan fingerprint density at radius 3 is 2.69 bits per heavy atom. The van der Waals surface area contributed by atoms with Crippen molar-refractivity contribution in [3.05, 3.63) is 54.4 Å². The molecule has 8 heteroatoms. The molecule has 8 nitrogen and oxygen atoms in total. The number of hydrogen-bond donors (Lipinski definition) is 3. The van der Waals surface area contributed by atoms with Crippen LogP contribution in [0.1, 0.15) is 5.56 Å². The number of para-hydroxylation sites is 1. The number of benzene rings is 1. The van der Waals surface area contributed by atoms with E-state index in [0.29, 0.717) is 5.95 Å². The molecular formula is C21H21N7O. The largest absolute Gasteiger partial charge is 0.354 e. The second kappa shape index (κ2) is 7.48. The second-order valence-electron chi connectivity index (χ2n) is 7.11. The van der Waals surface area contributed by atoms with E-state index < -0.39 is 0 Å². The molecule has 29 heavy (non-hydrogen) atoms. The highest BCUT2D eigenvalue weighted by Gasteiger charge is 2.20. The molecule has 1 amide bonds. The molecule has 0 atom stereocenters. The molecule has 2 aliphatic heterocycles. The van der Waals surface area contributed by atoms with Crippen LogP contribution >= 0.6 is 0 Å². The molecular weight excluding hydrogens is 366 g/mol. The fourth-order valence-corrected chi connectivity index (χ4v) is 3.67. The molecule has 2 aromatic heterocycles. The first-order chi connectivity index (χ1) is 14.3. The van der Waals surface area contributed by atoms with Gasteiger partial charge in [0.2, 0.25) is 11.9 Å². The summed E-state index contributed by atoms with van der Waals surface area (Å²) < 4.78 is 0. The number of rotatable bonds is 3. The standard InChI is InChI=1S/C21H21N7O/c29-19-11-14-12-24-21(27-20(14)16-3-1-2-4-17(16)26-19)25-15-5-6-18(23-13-15)28-9-7-22-8-10-28/h1-6,12-13,22H,7-11H2,(H,26,29)(H,24,25,27). The Bertz CT molecular complexity index is 1050. The van der Waals surface area contributed by atoms with Gasteiger partial charge in [0.05, 0.1) is 29.7 Å². The Morgan fingerprint density at radius 2 is 1.86 bits per heavy atom. The summed E-state index contributed by atoms with van der Waals surface area (Å²) in [6.07, 6.45) is 3.77. The van der Waals surface area contributed by atoms with E-state index >= 15 is 0 Å². The highest BCUT2D eigenvalue weighted by molar-refractivity contribution is 5.99. The van der Waals surface area contributed by atoms with Gasteiger partial charge in [-0.15, -0.1) is 0 Å². The number of anilines is 4. The van der Waals surface area contributed by atoms with Crippen molar-refractivity contribution in [1.29, 1.82) is 0 Å². The molecule has 0 bridgehead atoms. The Balaban J connectivity index is 1.41. The lowest BCUT2D eigenvalue weighted by Crippen LogP contribution is -2.43. The van der Waals surface area contributed by atoms with Crippen LogP contribution in [0, 0.1) is 0 Å². The van der Waals surface area contributed by atoms with Crippen LogP contribution in [-0.4, -0.2) is 47.0 Å². The van der Waals surface area contributed by atoms with Crippen LogP contribution < -0.4 is 20.9 Å². The van der Waals surface area contributed by atoms with Crippen LogP contribution in [0.5, 0.6) is 0 Å². The predicted molar refractivity (Wildman–Crippen MR) is 112 cm³/mol. The maximum Gasteiger partial charge on any atom is 0.228 e. The number of carbonyl (C=O) groups is 1. The number of carbonyl (C=O) groups excluding carboxylic acids is 1. The van der Waals surface area contributed by atoms with Crippen molar-refractivity contribution < 1.29 is 4.79 Å². The highest BCUT2D eigenvalue weighted by atomic mass is 16.1. The molecule has 0 spiro atoms. The Morgan fingerprint density at radius 1 is 1.00 bits per heavy atom. The minimum Gasteiger partial charge on any atom is -0.354 e. The summed E-state index contributed by atoms with van der Waals surface area (Å²) in [5, 5.41) is 9.50. The fourth-order valence-electron chi connectivity index (χ4n) is 3.67. The lowest BCUT2D eigenvalue weighted by molar-refractivity contribution is -0.115. The van der Waals surface area contributed by atoms with Gasteiger partial charge in [0.25, 0.3) is 0 Å². The third-order valence-corrected chi connectivity index (χ3v) is 5.12. The van der Waals surface area contributed by atoms with Crippen LogP contribution in [0.2, 0.25) is 0 Å². The van der Waals surface area contributed by atoms with Gasteiger partial charge in [-0.05, 0) is 18.2 Å². The zero-order valence-corrected chi connectivity index (χ0v) is 15.9. The first-order valence-electron chi connectivity index (χ1n) is 9.70. The van der Waals surface area contributed by atoms with Crippen molar-refractivity contribution in [3.8, 4) is 11.3 Å². The number of amides is 1. The first-order valence-corrected chi connectivity index (χ1v) is 9.70. The van der Waals surface area contributed by atoms with Crippen LogP contribution in [0.4, 0.5) is 23.1 Å². The van der Waals surface area contributed by atoms with E-state index in [-0.39, 0.29) is 12.3 Å². The van der Waals surface area contributed by atoms with Gasteiger partial charge in [0, 0.05) is 43.5 Å². The van der Waals surface area contributed by atoms with E-state index in [1.807, 2.05) is 36.4 Å². The van der Waals surface area contributed by atoms with Gasteiger partial charge in [-0.3, -0.25) is 4.79 Å². The van der Waals surface area contributed by atoms with E-state index in [4.69, 9.17) is 4.98 Å². The smallest absolute Gasteiger partial charge is 0.228 e. The third-order valence-electron chi connectivity index (χ3n) is 5.12. The SMILES string of the molecule is O=C1Cc2cnc(Nc3ccc(N4CCNCC4)nc3)nc2-c2ccccc2N1. The highest BCUT2D eigenvalue weighted by Crippen LogP contribution is 2.32. The minimum absolute atomic E-state index is 0.0618. The van der Waals surface area contributed by atoms with Crippen LogP contribution in [0.3, 0.4) is 0 Å². The summed E-state index contributed by atoms with van der Waals surface area (Å²) in [5.74, 6) is 1.39. The summed E-state index contributed by atoms with van der Waals surface area (Å²) in [7, 11) is 0. The second-order valence-corrected chi connectivity index (χ2v) is 7.11. The average Bonchev–Trinajstić information content (AvgIpc) is 2.90. The number of nitrogens with one attached hydrogen (secondary N) is 3. The molecule has 1 aromatic carbocycles. The average molecular weight is 387 g/mol. The molecule has 1 saturated heterocycles. The maximum absolute atomic E-state index is 12.1. The maximum atomic E-state index is 12.1. The molecule has 0 unspecified atom stereocenters. The van der Waals surface area contributed by atoms with Crippen molar-refractivity contribution in [3.63, 3.8) is 0 Å². The van der Waals surface area contributed by atoms with E-state index in [2.05, 4.69) is 30.8 Å². The molecule has 146 valence electrons. The molecule has 4 heterocycles. The van der Waals surface area contributed by atoms with Gasteiger partial charge < -0.3 is 20.9 Å². The van der Waals surface area contributed by atoms with Gasteiger partial charge in [0.15, 0.2) is 0 Å². The van der Waals surface area contributed by atoms with Gasteiger partial charge >= 0.3 is 0 Å². The van der Waals surface area contributed by atoms with Crippen molar-refractivity contribution >= 4 is 29.0 Å². The number of aromatic nitrogens is 3. The molecule has 0 aliphatic carbocycles. The number of piperazine rings is 1. The monoisotopic (exact) mass is 387 g/mol. The zero-order valence-electron chi connectivity index (χ0n) is 15.9. The summed E-state index contributed by atoms with van der Waals surface area (Å²) in [4.78, 5) is 28.1. The Hall–Kier alpha value is -3.52. The van der Waals surface area contributed by atoms with Gasteiger partial charge in [-0.1, -0.05) is 18.2 Å². The zero-order chi connectivity index (χ0) is 19.6. The number of fused-ring (bicyclic) bond motifs is 3. The fraction of sp³-hybridized carbons (Fsp3) is 0.238. The molecule has 0 saturated carbocycles. The van der Waals surface area contributed by atoms with E-state index in [0.717, 1.165) is 60.2 Å². The molecule has 1 fully saturated rings. The third kappa shape index (κ3) is 3.62. The van der Waals surface area contributed by atoms with Crippen molar-refractivity contribution in [1.82, 2.24) is 20.3 Å². The van der Waals surface area contributed by atoms with Crippen molar-refractivity contribution in [2.45, 2.75) is 6.42 Å². The van der Waals surface area contributed by atoms with E-state index in [1.54, 1.807) is 12.4 Å². The van der Waals surface area contributed by atoms with Gasteiger partial charge in [-0.2, -0.15) is 0 Å². The van der Waals surface area contributed by atoms with E-state index in [9.17, 15) is 4.79 Å². The Labute approximate surface area is 168 Å². The van der Waals surface area contributed by atoms with Crippen LogP contribution in [0.25, 0.3) is 11.3 Å².